The second-order valence-corrected chi connectivity index (χ2v) is 13.2. The first-order valence-electron chi connectivity index (χ1n) is 13.8. The number of carbonyl (C=O) groups is 1. The molecule has 2 aliphatic rings. The molecule has 0 saturated carbocycles. The third kappa shape index (κ3) is 7.00. The molecule has 236 valence electrons. The van der Waals surface area contributed by atoms with Crippen LogP contribution in [0.25, 0.3) is 0 Å². The highest BCUT2D eigenvalue weighted by Crippen LogP contribution is 2.52. The van der Waals surface area contributed by atoms with Crippen molar-refractivity contribution in [3.63, 3.8) is 0 Å². The molecule has 0 aliphatic carbocycles. The van der Waals surface area contributed by atoms with Crippen LogP contribution >= 0.6 is 19.3 Å². The molecule has 1 aromatic heterocycles. The standard InChI is InChI=1S/C29H34ClN4O9P/c1-28(2)41-24-22(40-26(29(24,3)43-28)34-15-14-23(31)32-27(34)36)17-39-44(37,42-20-12-10-19(30)11-13-20)33-21(25(35)38-4)16-18-8-6-5-7-9-18/h5-15,21-22,24,26H,16-17H2,1-4H3,(H,33,37)(H2,31,32,36)/t21-,22+,24+,26+,29+,44?/m0/s1. The van der Waals surface area contributed by atoms with Crippen LogP contribution in [-0.2, 0) is 39.3 Å². The molecular weight excluding hydrogens is 615 g/mol. The van der Waals surface area contributed by atoms with Gasteiger partial charge in [0.25, 0.3) is 0 Å². The molecule has 44 heavy (non-hydrogen) atoms. The fourth-order valence-electron chi connectivity index (χ4n) is 5.38. The Bertz CT molecular complexity index is 1590. The van der Waals surface area contributed by atoms with Crippen LogP contribution in [0.4, 0.5) is 5.82 Å². The lowest BCUT2D eigenvalue weighted by Crippen LogP contribution is -2.45. The zero-order valence-corrected chi connectivity index (χ0v) is 26.2. The first-order chi connectivity index (χ1) is 20.8. The largest absolute Gasteiger partial charge is 0.468 e. The van der Waals surface area contributed by atoms with Crippen LogP contribution in [0, 0.1) is 0 Å². The van der Waals surface area contributed by atoms with Crippen LogP contribution in [0.15, 0.2) is 71.7 Å². The molecule has 2 fully saturated rings. The number of ether oxygens (including phenoxy) is 4. The Morgan fingerprint density at radius 2 is 1.86 bits per heavy atom. The predicted molar refractivity (Wildman–Crippen MR) is 160 cm³/mol. The smallest absolute Gasteiger partial charge is 0.459 e. The number of methoxy groups -OCH3 is 1. The normalized spacial score (nSPS) is 26.0. The van der Waals surface area contributed by atoms with Crippen molar-refractivity contribution < 1.29 is 37.4 Å². The second-order valence-electron chi connectivity index (χ2n) is 11.0. The SMILES string of the molecule is COC(=O)[C@H](Cc1ccccc1)NP(=O)(OC[C@H]1O[C@@H](n2ccc(N)nc2=O)[C@]2(C)OC(C)(C)O[C@H]12)Oc1ccc(Cl)cc1. The van der Waals surface area contributed by atoms with E-state index in [1.807, 2.05) is 30.3 Å². The number of esters is 1. The molecule has 1 unspecified atom stereocenters. The summed E-state index contributed by atoms with van der Waals surface area (Å²) < 4.78 is 51.1. The Morgan fingerprint density at radius 1 is 1.16 bits per heavy atom. The van der Waals surface area contributed by atoms with E-state index in [2.05, 4.69) is 10.1 Å². The van der Waals surface area contributed by atoms with Crippen LogP contribution in [0.5, 0.6) is 5.75 Å². The Labute approximate surface area is 259 Å². The third-order valence-electron chi connectivity index (χ3n) is 7.21. The maximum absolute atomic E-state index is 14.4. The van der Waals surface area contributed by atoms with Gasteiger partial charge in [0.05, 0.1) is 13.7 Å². The van der Waals surface area contributed by atoms with Gasteiger partial charge in [-0.1, -0.05) is 41.9 Å². The molecule has 3 aromatic rings. The minimum atomic E-state index is -4.34. The molecule has 15 heteroatoms. The first kappa shape index (κ1) is 32.1. The summed E-state index contributed by atoms with van der Waals surface area (Å²) in [7, 11) is -3.10. The van der Waals surface area contributed by atoms with Crippen molar-refractivity contribution in [1.29, 1.82) is 0 Å². The van der Waals surface area contributed by atoms with Gasteiger partial charge in [-0.2, -0.15) is 10.1 Å². The molecule has 2 aromatic carbocycles. The van der Waals surface area contributed by atoms with Gasteiger partial charge in [0.15, 0.2) is 12.0 Å². The number of nitrogens with zero attached hydrogens (tertiary/aromatic N) is 2. The maximum Gasteiger partial charge on any atom is 0.459 e. The molecule has 2 aliphatic heterocycles. The Morgan fingerprint density at radius 3 is 2.52 bits per heavy atom. The van der Waals surface area contributed by atoms with Crippen LogP contribution < -0.4 is 21.0 Å². The lowest BCUT2D eigenvalue weighted by molar-refractivity contribution is -0.217. The number of carbonyl (C=O) groups excluding carboxylic acids is 1. The lowest BCUT2D eigenvalue weighted by Gasteiger charge is -2.30. The van der Waals surface area contributed by atoms with Crippen LogP contribution in [0.1, 0.15) is 32.6 Å². The number of rotatable bonds is 11. The number of hydrogen-bond acceptors (Lipinski definition) is 11. The van der Waals surface area contributed by atoms with Gasteiger partial charge in [-0.15, -0.1) is 0 Å². The molecule has 2 saturated heterocycles. The van der Waals surface area contributed by atoms with Crippen molar-refractivity contribution >= 4 is 31.1 Å². The van der Waals surface area contributed by atoms with Gasteiger partial charge in [0.1, 0.15) is 35.4 Å². The van der Waals surface area contributed by atoms with E-state index < -0.39 is 55.3 Å². The first-order valence-corrected chi connectivity index (χ1v) is 15.7. The summed E-state index contributed by atoms with van der Waals surface area (Å²) in [5, 5.41) is 3.20. The number of anilines is 1. The zero-order chi connectivity index (χ0) is 31.7. The van der Waals surface area contributed by atoms with Gasteiger partial charge in [-0.25, -0.2) is 9.36 Å². The van der Waals surface area contributed by atoms with E-state index in [9.17, 15) is 14.2 Å². The topological polar surface area (TPSA) is 162 Å². The predicted octanol–water partition coefficient (Wildman–Crippen LogP) is 3.86. The van der Waals surface area contributed by atoms with Gasteiger partial charge < -0.3 is 29.2 Å². The molecule has 0 bridgehead atoms. The highest BCUT2D eigenvalue weighted by Gasteiger charge is 2.64. The van der Waals surface area contributed by atoms with Gasteiger partial charge >= 0.3 is 19.4 Å². The van der Waals surface area contributed by atoms with Crippen LogP contribution in [0.3, 0.4) is 0 Å². The van der Waals surface area contributed by atoms with Crippen molar-refractivity contribution in [2.75, 3.05) is 19.5 Å². The summed E-state index contributed by atoms with van der Waals surface area (Å²) >= 11 is 6.03. The van der Waals surface area contributed by atoms with E-state index in [0.717, 1.165) is 5.56 Å². The maximum atomic E-state index is 14.4. The van der Waals surface area contributed by atoms with Gasteiger partial charge in [-0.05, 0) is 63.1 Å². The molecule has 3 N–H and O–H groups in total. The van der Waals surface area contributed by atoms with Crippen LogP contribution in [0.2, 0.25) is 5.02 Å². The van der Waals surface area contributed by atoms with Crippen LogP contribution in [-0.4, -0.2) is 58.9 Å². The number of halogens is 1. The Balaban J connectivity index is 1.43. The number of benzene rings is 2. The van der Waals surface area contributed by atoms with E-state index in [4.69, 9.17) is 45.3 Å². The molecule has 0 spiro atoms. The minimum Gasteiger partial charge on any atom is -0.468 e. The van der Waals surface area contributed by atoms with E-state index >= 15 is 0 Å². The monoisotopic (exact) mass is 648 g/mol. The molecule has 0 radical (unpaired) electrons. The molecule has 5 rings (SSSR count). The van der Waals surface area contributed by atoms with Gasteiger partial charge in [-0.3, -0.25) is 13.9 Å². The van der Waals surface area contributed by atoms with Crippen molar-refractivity contribution in [2.45, 2.75) is 63.1 Å². The van der Waals surface area contributed by atoms with Crippen molar-refractivity contribution in [3.05, 3.63) is 87.9 Å². The van der Waals surface area contributed by atoms with E-state index in [0.29, 0.717) is 5.02 Å². The lowest BCUT2D eigenvalue weighted by atomic mass is 9.96. The highest BCUT2D eigenvalue weighted by atomic mass is 35.5. The summed E-state index contributed by atoms with van der Waals surface area (Å²) in [4.78, 5) is 29.4. The molecule has 3 heterocycles. The summed E-state index contributed by atoms with van der Waals surface area (Å²) in [5.74, 6) is -1.49. The quantitative estimate of drug-likeness (QED) is 0.228. The van der Waals surface area contributed by atoms with Crippen molar-refractivity contribution in [2.24, 2.45) is 0 Å². The fraction of sp³-hybridized carbons (Fsp3) is 0.414. The highest BCUT2D eigenvalue weighted by molar-refractivity contribution is 7.52. The number of fused-ring (bicyclic) bond motifs is 1. The van der Waals surface area contributed by atoms with E-state index in [-0.39, 0.29) is 24.6 Å². The fourth-order valence-corrected chi connectivity index (χ4v) is 7.00. The molecule has 0 amide bonds. The Kier molecular flexibility index (Phi) is 9.20. The summed E-state index contributed by atoms with van der Waals surface area (Å²) in [5.41, 5.74) is 4.66. The summed E-state index contributed by atoms with van der Waals surface area (Å²) in [6.07, 6.45) is -1.07. The van der Waals surface area contributed by atoms with E-state index in [1.165, 1.54) is 36.1 Å². The minimum absolute atomic E-state index is 0.0526. The summed E-state index contributed by atoms with van der Waals surface area (Å²) in [6.45, 7) is 4.87. The van der Waals surface area contributed by atoms with Crippen molar-refractivity contribution in [1.82, 2.24) is 14.6 Å². The molecular formula is C29H34ClN4O9P. The number of nitrogen functional groups attached to an aromatic ring is 1. The second kappa shape index (κ2) is 12.6. The number of aromatic nitrogens is 2. The molecule has 13 nitrogen and oxygen atoms in total. The van der Waals surface area contributed by atoms with Gasteiger partial charge in [0.2, 0.25) is 0 Å². The third-order valence-corrected chi connectivity index (χ3v) is 9.03. The van der Waals surface area contributed by atoms with E-state index in [1.54, 1.807) is 32.9 Å². The number of nitrogens with two attached hydrogens (primary N) is 1. The molecule has 6 atom stereocenters. The zero-order valence-electron chi connectivity index (χ0n) is 24.5. The number of hydrogen-bond donors (Lipinski definition) is 2. The Hall–Kier alpha value is -3.29. The average Bonchev–Trinajstić information content (AvgIpc) is 3.37. The summed E-state index contributed by atoms with van der Waals surface area (Å²) in [6, 6.07) is 15.6. The van der Waals surface area contributed by atoms with Gasteiger partial charge in [0, 0.05) is 11.2 Å². The van der Waals surface area contributed by atoms with Crippen molar-refractivity contribution in [3.8, 4) is 5.75 Å². The average molecular weight is 649 g/mol. The number of nitrogens with one attached hydrogen (secondary N) is 1.